The Hall–Kier alpha value is -3.95. The first-order chi connectivity index (χ1) is 13.0. The van der Waals surface area contributed by atoms with Gasteiger partial charge in [-0.05, 0) is 29.8 Å². The quantitative estimate of drug-likeness (QED) is 0.357. The van der Waals surface area contributed by atoms with Crippen molar-refractivity contribution in [2.45, 2.75) is 12.1 Å². The Morgan fingerprint density at radius 2 is 1.78 bits per heavy atom. The number of benzene rings is 2. The van der Waals surface area contributed by atoms with Crippen molar-refractivity contribution >= 4 is 28.8 Å². The zero-order valence-electron chi connectivity index (χ0n) is 14.0. The molecule has 2 aromatic carbocycles. The molecule has 2 aliphatic rings. The number of rotatable bonds is 3. The molecule has 4 rings (SSSR count). The Labute approximate surface area is 153 Å². The van der Waals surface area contributed by atoms with Crippen LogP contribution >= 0.6 is 0 Å². The van der Waals surface area contributed by atoms with Gasteiger partial charge in [0.1, 0.15) is 0 Å². The monoisotopic (exact) mass is 365 g/mol. The van der Waals surface area contributed by atoms with Crippen LogP contribution in [0.3, 0.4) is 0 Å². The summed E-state index contributed by atoms with van der Waals surface area (Å²) in [4.78, 5) is 23.0. The second kappa shape index (κ2) is 6.09. The minimum absolute atomic E-state index is 0.0109. The van der Waals surface area contributed by atoms with E-state index in [0.29, 0.717) is 28.4 Å². The molecule has 27 heavy (non-hydrogen) atoms. The second-order valence-electron chi connectivity index (χ2n) is 6.17. The molecule has 0 radical (unpaired) electrons. The number of nitrogens with zero attached hydrogens (tertiary/aromatic N) is 3. The molecule has 10 nitrogen and oxygen atoms in total. The number of amides is 1. The molecule has 0 fully saturated rings. The van der Waals surface area contributed by atoms with E-state index in [-0.39, 0.29) is 18.0 Å². The van der Waals surface area contributed by atoms with E-state index in [1.165, 1.54) is 12.1 Å². The number of nitrogens with two attached hydrogens (primary N) is 1. The van der Waals surface area contributed by atoms with Gasteiger partial charge in [0, 0.05) is 29.8 Å². The summed E-state index contributed by atoms with van der Waals surface area (Å²) in [7, 11) is 0. The lowest BCUT2D eigenvalue weighted by Crippen LogP contribution is -2.65. The summed E-state index contributed by atoms with van der Waals surface area (Å²) in [5.74, 6) is -0.0225. The largest absolute Gasteiger partial charge is 0.398 e. The van der Waals surface area contributed by atoms with Gasteiger partial charge in [-0.1, -0.05) is 12.1 Å². The van der Waals surface area contributed by atoms with Crippen LogP contribution < -0.4 is 21.9 Å². The molecule has 0 saturated carbocycles. The molecule has 0 saturated heterocycles. The highest BCUT2D eigenvalue weighted by Crippen LogP contribution is 2.24. The number of nitro benzene ring substituents is 1. The first-order valence-corrected chi connectivity index (χ1v) is 8.08. The molecule has 5 N–H and O–H groups in total. The van der Waals surface area contributed by atoms with Crippen molar-refractivity contribution in [3.8, 4) is 0 Å². The fourth-order valence-corrected chi connectivity index (χ4v) is 2.92. The predicted octanol–water partition coefficient (Wildman–Crippen LogP) is 0.652. The van der Waals surface area contributed by atoms with E-state index >= 15 is 0 Å². The molecule has 1 spiro atoms. The third-order valence-corrected chi connectivity index (χ3v) is 4.42. The van der Waals surface area contributed by atoms with Gasteiger partial charge in [-0.2, -0.15) is 10.2 Å². The minimum Gasteiger partial charge on any atom is -0.398 e. The molecule has 2 aromatic rings. The Morgan fingerprint density at radius 3 is 2.44 bits per heavy atom. The molecule has 0 aromatic heterocycles. The molecule has 2 heterocycles. The van der Waals surface area contributed by atoms with Gasteiger partial charge >= 0.3 is 0 Å². The van der Waals surface area contributed by atoms with E-state index in [4.69, 9.17) is 5.73 Å². The number of nitrogen functional groups attached to an aromatic ring is 1. The Bertz CT molecular complexity index is 1000. The van der Waals surface area contributed by atoms with Gasteiger partial charge in [0.2, 0.25) is 5.66 Å². The van der Waals surface area contributed by atoms with Gasteiger partial charge in [-0.3, -0.25) is 25.8 Å². The molecule has 2 aliphatic heterocycles. The lowest BCUT2D eigenvalue weighted by Gasteiger charge is -2.31. The predicted molar refractivity (Wildman–Crippen MR) is 98.8 cm³/mol. The third-order valence-electron chi connectivity index (χ3n) is 4.42. The lowest BCUT2D eigenvalue weighted by atomic mass is 9.98. The molecular weight excluding hydrogens is 350 g/mol. The van der Waals surface area contributed by atoms with Crippen LogP contribution in [0.1, 0.15) is 17.5 Å². The number of para-hydroxylation sites is 1. The topological polar surface area (TPSA) is 147 Å². The van der Waals surface area contributed by atoms with E-state index in [1.807, 2.05) is 0 Å². The van der Waals surface area contributed by atoms with Crippen LogP contribution in [0.25, 0.3) is 0 Å². The summed E-state index contributed by atoms with van der Waals surface area (Å²) in [5, 5.41) is 22.0. The maximum Gasteiger partial charge on any atom is 0.275 e. The summed E-state index contributed by atoms with van der Waals surface area (Å²) >= 11 is 0. The van der Waals surface area contributed by atoms with Crippen LogP contribution in [-0.4, -0.2) is 28.0 Å². The number of anilines is 1. The van der Waals surface area contributed by atoms with Crippen LogP contribution in [0.4, 0.5) is 11.4 Å². The highest BCUT2D eigenvalue weighted by Gasteiger charge is 2.46. The Kier molecular flexibility index (Phi) is 3.73. The van der Waals surface area contributed by atoms with Crippen molar-refractivity contribution in [1.29, 1.82) is 0 Å². The van der Waals surface area contributed by atoms with Crippen LogP contribution in [0, 0.1) is 10.1 Å². The van der Waals surface area contributed by atoms with Gasteiger partial charge in [0.25, 0.3) is 11.6 Å². The van der Waals surface area contributed by atoms with Crippen LogP contribution in [0.15, 0.2) is 58.7 Å². The molecule has 1 atom stereocenters. The van der Waals surface area contributed by atoms with Gasteiger partial charge in [-0.25, -0.2) is 0 Å². The zero-order valence-corrected chi connectivity index (χ0v) is 14.0. The maximum atomic E-state index is 12.7. The number of nitro groups is 1. The Morgan fingerprint density at radius 1 is 1.07 bits per heavy atom. The first-order valence-electron chi connectivity index (χ1n) is 8.08. The third kappa shape index (κ3) is 2.82. The minimum atomic E-state index is -1.22. The molecular formula is C17H15N7O3. The molecule has 1 amide bonds. The Balaban J connectivity index is 1.54. The molecule has 0 aliphatic carbocycles. The number of carbonyl (C=O) groups excluding carboxylic acids is 1. The summed E-state index contributed by atoms with van der Waals surface area (Å²) < 4.78 is 0. The van der Waals surface area contributed by atoms with Crippen molar-refractivity contribution in [2.24, 2.45) is 10.2 Å². The molecule has 136 valence electrons. The maximum absolute atomic E-state index is 12.7. The number of non-ortho nitro benzene ring substituents is 1. The average molecular weight is 365 g/mol. The summed E-state index contributed by atoms with van der Waals surface area (Å²) in [6.45, 7) is 0. The first kappa shape index (κ1) is 16.5. The lowest BCUT2D eigenvalue weighted by molar-refractivity contribution is -0.384. The van der Waals surface area contributed by atoms with Crippen LogP contribution in [0.5, 0.6) is 0 Å². The van der Waals surface area contributed by atoms with Crippen molar-refractivity contribution in [3.63, 3.8) is 0 Å². The standard InChI is InChI=1S/C17H15N7O3/c18-13-4-2-1-3-12(13)15-19-16(25)17(23-21-15)9-14(20-22-17)10-5-7-11(8-6-10)24(26)27/h1-8,22-23H,9,18H2,(H,19,21,25). The zero-order chi connectivity index (χ0) is 19.0. The van der Waals surface area contributed by atoms with Crippen molar-refractivity contribution < 1.29 is 9.72 Å². The summed E-state index contributed by atoms with van der Waals surface area (Å²) in [5.41, 5.74) is 12.7. The smallest absolute Gasteiger partial charge is 0.275 e. The average Bonchev–Trinajstić information content (AvgIpc) is 3.10. The fraction of sp³-hybridized carbons (Fsp3) is 0.118. The van der Waals surface area contributed by atoms with E-state index in [0.717, 1.165) is 0 Å². The molecule has 1 unspecified atom stereocenters. The highest BCUT2D eigenvalue weighted by atomic mass is 16.6. The van der Waals surface area contributed by atoms with E-state index in [1.54, 1.807) is 36.4 Å². The van der Waals surface area contributed by atoms with Crippen molar-refractivity contribution in [2.75, 3.05) is 5.73 Å². The number of amidine groups is 1. The number of carbonyl (C=O) groups is 1. The molecule has 10 heteroatoms. The summed E-state index contributed by atoms with van der Waals surface area (Å²) in [6.07, 6.45) is 0.220. The van der Waals surface area contributed by atoms with Crippen molar-refractivity contribution in [3.05, 3.63) is 69.8 Å². The second-order valence-corrected chi connectivity index (χ2v) is 6.17. The van der Waals surface area contributed by atoms with E-state index < -0.39 is 10.6 Å². The van der Waals surface area contributed by atoms with Gasteiger partial charge in [-0.15, -0.1) is 0 Å². The SMILES string of the molecule is Nc1ccccc1C1=NNC2(CC(c3ccc([N+](=O)[O-])cc3)=NN2)C(=O)N1. The van der Waals surface area contributed by atoms with Gasteiger partial charge in [0.05, 0.1) is 10.6 Å². The molecule has 0 bridgehead atoms. The van der Waals surface area contributed by atoms with Crippen LogP contribution in [-0.2, 0) is 4.79 Å². The normalized spacial score (nSPS) is 21.0. The summed E-state index contributed by atoms with van der Waals surface area (Å²) in [6, 6.07) is 13.1. The van der Waals surface area contributed by atoms with Gasteiger partial charge < -0.3 is 11.1 Å². The van der Waals surface area contributed by atoms with E-state index in [2.05, 4.69) is 26.4 Å². The van der Waals surface area contributed by atoms with Crippen molar-refractivity contribution in [1.82, 2.24) is 16.2 Å². The van der Waals surface area contributed by atoms with Crippen LogP contribution in [0.2, 0.25) is 0 Å². The van der Waals surface area contributed by atoms with E-state index in [9.17, 15) is 14.9 Å². The number of hydrazone groups is 2. The van der Waals surface area contributed by atoms with Gasteiger partial charge in [0.15, 0.2) is 5.84 Å². The number of nitrogens with one attached hydrogen (secondary N) is 3. The number of hydrogen-bond donors (Lipinski definition) is 4. The fourth-order valence-electron chi connectivity index (χ4n) is 2.92. The highest BCUT2D eigenvalue weighted by molar-refractivity contribution is 6.15. The number of hydrogen-bond acceptors (Lipinski definition) is 8.